The number of ether oxygens (including phenoxy) is 2. The molecule has 0 bridgehead atoms. The summed E-state index contributed by atoms with van der Waals surface area (Å²) in [7, 11) is 0. The molecule has 0 aromatic heterocycles. The zero-order valence-corrected chi connectivity index (χ0v) is 54.6. The Morgan fingerprint density at radius 2 is 0.512 bits per heavy atom. The van der Waals surface area contributed by atoms with Gasteiger partial charge in [-0.2, -0.15) is 0 Å². The minimum Gasteiger partial charge on any atom is -0.462 e. The van der Waals surface area contributed by atoms with Gasteiger partial charge < -0.3 is 14.6 Å². The van der Waals surface area contributed by atoms with Crippen molar-refractivity contribution in [2.75, 3.05) is 13.2 Å². The second-order valence-electron chi connectivity index (χ2n) is 22.9. The number of unbranched alkanes of at least 4 members (excludes halogenated alkanes) is 29. The molecule has 0 amide bonds. The molecule has 1 atom stereocenters. The maximum atomic E-state index is 12.3. The van der Waals surface area contributed by atoms with Crippen LogP contribution in [-0.2, 0) is 19.1 Å². The Balaban J connectivity index is 3.61. The zero-order valence-electron chi connectivity index (χ0n) is 54.6. The molecule has 0 radical (unpaired) electrons. The van der Waals surface area contributed by atoms with Gasteiger partial charge in [-0.15, -0.1) is 0 Å². The van der Waals surface area contributed by atoms with Crippen LogP contribution >= 0.6 is 0 Å². The van der Waals surface area contributed by atoms with Crippen molar-refractivity contribution in [2.24, 2.45) is 0 Å². The van der Waals surface area contributed by atoms with Crippen molar-refractivity contribution in [1.29, 1.82) is 0 Å². The lowest BCUT2D eigenvalue weighted by Crippen LogP contribution is -2.28. The molecule has 5 heteroatoms. The number of carbonyl (C=O) groups is 2. The van der Waals surface area contributed by atoms with Crippen LogP contribution in [0.15, 0.2) is 158 Å². The SMILES string of the molecule is CC/C=C\C/C=C\C/C=C\C/C=C\C/C=C\C/C=C\C/C=C\C/C=C\C/C=C\C/C=C\C/C=C\C/C=C\CCCCC(=O)OC(CO)COC(=O)CCCCCCCCCCCCCCCCCCCCC/C=C\CCCCCCCCCC. The largest absolute Gasteiger partial charge is 0.462 e. The van der Waals surface area contributed by atoms with Crippen LogP contribution in [0.2, 0.25) is 0 Å². The molecule has 0 spiro atoms. The summed E-state index contributed by atoms with van der Waals surface area (Å²) >= 11 is 0. The molecule has 1 unspecified atom stereocenters. The molecule has 0 fully saturated rings. The van der Waals surface area contributed by atoms with Gasteiger partial charge in [-0.1, -0.05) is 326 Å². The number of aliphatic hydroxyl groups excluding tert-OH is 1. The van der Waals surface area contributed by atoms with Crippen molar-refractivity contribution in [3.63, 3.8) is 0 Å². The zero-order chi connectivity index (χ0) is 60.5. The molecule has 0 rings (SSSR count). The Bertz CT molecular complexity index is 1790. The first-order valence-corrected chi connectivity index (χ1v) is 35.0. The third-order valence-electron chi connectivity index (χ3n) is 14.8. The van der Waals surface area contributed by atoms with E-state index in [4.69, 9.17) is 9.47 Å². The highest BCUT2D eigenvalue weighted by Crippen LogP contribution is 2.17. The fourth-order valence-electron chi connectivity index (χ4n) is 9.59. The van der Waals surface area contributed by atoms with E-state index in [0.29, 0.717) is 12.8 Å². The van der Waals surface area contributed by atoms with E-state index >= 15 is 0 Å². The number of allylic oxidation sites excluding steroid dienone is 26. The quantitative estimate of drug-likeness (QED) is 0.0373. The van der Waals surface area contributed by atoms with Gasteiger partial charge in [0.1, 0.15) is 6.61 Å². The van der Waals surface area contributed by atoms with Gasteiger partial charge in [-0.05, 0) is 128 Å². The number of esters is 2. The second-order valence-corrected chi connectivity index (χ2v) is 22.9. The molecule has 5 nitrogen and oxygen atoms in total. The second kappa shape index (κ2) is 72.8. The van der Waals surface area contributed by atoms with Gasteiger partial charge in [0.15, 0.2) is 6.10 Å². The molecule has 0 aromatic rings. The highest BCUT2D eigenvalue weighted by Gasteiger charge is 2.16. The molecule has 476 valence electrons. The number of rotatable bonds is 63. The van der Waals surface area contributed by atoms with Gasteiger partial charge in [0.05, 0.1) is 6.61 Å². The molecule has 0 saturated heterocycles. The first-order valence-electron chi connectivity index (χ1n) is 35.0. The highest BCUT2D eigenvalue weighted by molar-refractivity contribution is 5.70. The maximum Gasteiger partial charge on any atom is 0.306 e. The first kappa shape index (κ1) is 79.5. The summed E-state index contributed by atoms with van der Waals surface area (Å²) < 4.78 is 10.7. The molecule has 1 N–H and O–H groups in total. The Labute approximate surface area is 520 Å². The molecule has 84 heavy (non-hydrogen) atoms. The van der Waals surface area contributed by atoms with Crippen LogP contribution in [0.3, 0.4) is 0 Å². The maximum absolute atomic E-state index is 12.3. The van der Waals surface area contributed by atoms with E-state index in [1.54, 1.807) is 0 Å². The highest BCUT2D eigenvalue weighted by atomic mass is 16.6. The van der Waals surface area contributed by atoms with E-state index in [-0.39, 0.29) is 25.2 Å². The monoisotopic (exact) mass is 1160 g/mol. The lowest BCUT2D eigenvalue weighted by Gasteiger charge is -2.15. The predicted molar refractivity (Wildman–Crippen MR) is 370 cm³/mol. The fourth-order valence-corrected chi connectivity index (χ4v) is 9.59. The van der Waals surface area contributed by atoms with Crippen molar-refractivity contribution < 1.29 is 24.2 Å². The van der Waals surface area contributed by atoms with Gasteiger partial charge in [0.2, 0.25) is 0 Å². The lowest BCUT2D eigenvalue weighted by molar-refractivity contribution is -0.161. The summed E-state index contributed by atoms with van der Waals surface area (Å²) in [6.07, 6.45) is 111. The summed E-state index contributed by atoms with van der Waals surface area (Å²) in [4.78, 5) is 24.6. The topological polar surface area (TPSA) is 72.8 Å². The van der Waals surface area contributed by atoms with Crippen molar-refractivity contribution >= 4 is 11.9 Å². The molecule has 0 aliphatic carbocycles. The van der Waals surface area contributed by atoms with E-state index in [2.05, 4.69) is 172 Å². The Kier molecular flexibility index (Phi) is 68.9. The van der Waals surface area contributed by atoms with Crippen LogP contribution in [-0.4, -0.2) is 36.4 Å². The summed E-state index contributed by atoms with van der Waals surface area (Å²) in [5.74, 6) is -0.642. The standard InChI is InChI=1S/C79H130O5/c1-3-5-7-9-11-13-15-17-19-21-23-25-27-29-31-33-35-36-37-38-39-40-41-42-44-46-48-50-52-54-56-58-60-62-64-66-68-70-72-74-79(82)84-77(75-80)76-83-78(81)73-71-69-67-65-63-61-59-57-55-53-51-49-47-45-43-34-32-30-28-26-24-22-20-18-16-14-12-10-8-6-4-2/h5,7,11,13,17,19,22-25,29,31,35-36,38-39,41-42,46,48,52,54,58,60,64,66,77,80H,3-4,6,8-10,12,14-16,18,20-21,26-28,30,32-34,37,40,43-45,47,49-51,53,55-57,59,61-63,65,67-76H2,1-2H3/b7-5-,13-11-,19-17-,24-22-,25-23-,31-29-,36-35-,39-38-,42-41-,48-46-,54-52-,60-58-,66-64-. The fraction of sp³-hybridized carbons (Fsp3) is 0.646. The van der Waals surface area contributed by atoms with Crippen molar-refractivity contribution in [3.05, 3.63) is 158 Å². The molecule has 0 heterocycles. The van der Waals surface area contributed by atoms with Gasteiger partial charge in [0, 0.05) is 12.8 Å². The number of hydrogen-bond donors (Lipinski definition) is 1. The number of aliphatic hydroxyl groups is 1. The third kappa shape index (κ3) is 70.0. The third-order valence-corrected chi connectivity index (χ3v) is 14.8. The summed E-state index contributed by atoms with van der Waals surface area (Å²) in [5, 5.41) is 9.69. The Morgan fingerprint density at radius 3 is 0.810 bits per heavy atom. The van der Waals surface area contributed by atoms with Gasteiger partial charge in [0.25, 0.3) is 0 Å². The predicted octanol–water partition coefficient (Wildman–Crippen LogP) is 24.6. The average molecular weight is 1160 g/mol. The Hall–Kier alpha value is -4.48. The molecule has 0 aromatic carbocycles. The normalized spacial score (nSPS) is 13.2. The van der Waals surface area contributed by atoms with Crippen LogP contribution in [0, 0.1) is 0 Å². The number of hydrogen-bond acceptors (Lipinski definition) is 5. The van der Waals surface area contributed by atoms with Crippen LogP contribution in [0.4, 0.5) is 0 Å². The average Bonchev–Trinajstić information content (AvgIpc) is 3.51. The van der Waals surface area contributed by atoms with Gasteiger partial charge in [-0.25, -0.2) is 0 Å². The van der Waals surface area contributed by atoms with Crippen molar-refractivity contribution in [2.45, 2.75) is 315 Å². The van der Waals surface area contributed by atoms with E-state index in [0.717, 1.165) is 116 Å². The minimum atomic E-state index is -0.807. The van der Waals surface area contributed by atoms with E-state index in [1.165, 1.54) is 167 Å². The van der Waals surface area contributed by atoms with Crippen LogP contribution < -0.4 is 0 Å². The van der Waals surface area contributed by atoms with E-state index < -0.39 is 6.10 Å². The molecular formula is C79H130O5. The van der Waals surface area contributed by atoms with Crippen LogP contribution in [0.1, 0.15) is 309 Å². The molecule has 0 aliphatic heterocycles. The lowest BCUT2D eigenvalue weighted by atomic mass is 10.0. The molecular weight excluding hydrogens is 1030 g/mol. The first-order chi connectivity index (χ1) is 41.6. The van der Waals surface area contributed by atoms with Crippen LogP contribution in [0.25, 0.3) is 0 Å². The summed E-state index contributed by atoms with van der Waals surface area (Å²) in [6, 6.07) is 0. The molecule has 0 aliphatic rings. The summed E-state index contributed by atoms with van der Waals surface area (Å²) in [6.45, 7) is 4.01. The van der Waals surface area contributed by atoms with E-state index in [1.807, 2.05) is 0 Å². The minimum absolute atomic E-state index is 0.0904. The van der Waals surface area contributed by atoms with Crippen molar-refractivity contribution in [3.8, 4) is 0 Å². The van der Waals surface area contributed by atoms with Crippen LogP contribution in [0.5, 0.6) is 0 Å². The van der Waals surface area contributed by atoms with Gasteiger partial charge >= 0.3 is 11.9 Å². The van der Waals surface area contributed by atoms with Crippen molar-refractivity contribution in [1.82, 2.24) is 0 Å². The molecule has 0 saturated carbocycles. The van der Waals surface area contributed by atoms with Gasteiger partial charge in [-0.3, -0.25) is 9.59 Å². The number of carbonyl (C=O) groups excluding carboxylic acids is 2. The van der Waals surface area contributed by atoms with E-state index in [9.17, 15) is 14.7 Å². The summed E-state index contributed by atoms with van der Waals surface area (Å²) in [5.41, 5.74) is 0. The Morgan fingerprint density at radius 1 is 0.286 bits per heavy atom. The smallest absolute Gasteiger partial charge is 0.306 e.